The van der Waals surface area contributed by atoms with Crippen molar-refractivity contribution in [3.8, 4) is 5.75 Å². The van der Waals surface area contributed by atoms with Crippen LogP contribution in [0.4, 0.5) is 0 Å². The zero-order chi connectivity index (χ0) is 24.1. The molecule has 1 aliphatic rings. The SMILES string of the molecule is COc1ccc(C(=O)N2CCC[C@@H](C(=O)NCc3ccccc3CN(C)C)C2)c2ccccc12. The summed E-state index contributed by atoms with van der Waals surface area (Å²) in [5.74, 6) is 0.519. The molecule has 0 unspecified atom stereocenters. The fourth-order valence-corrected chi connectivity index (χ4v) is 4.73. The van der Waals surface area contributed by atoms with Crippen LogP contribution in [0.1, 0.15) is 34.3 Å². The van der Waals surface area contributed by atoms with E-state index in [1.165, 1.54) is 5.56 Å². The number of amides is 2. The molecule has 0 aromatic heterocycles. The lowest BCUT2D eigenvalue weighted by Gasteiger charge is -2.32. The van der Waals surface area contributed by atoms with E-state index in [0.29, 0.717) is 25.2 Å². The van der Waals surface area contributed by atoms with Crippen molar-refractivity contribution in [2.45, 2.75) is 25.9 Å². The van der Waals surface area contributed by atoms with E-state index >= 15 is 0 Å². The second-order valence-electron chi connectivity index (χ2n) is 9.18. The highest BCUT2D eigenvalue weighted by molar-refractivity contribution is 6.08. The van der Waals surface area contributed by atoms with Crippen molar-refractivity contribution in [2.75, 3.05) is 34.3 Å². The van der Waals surface area contributed by atoms with E-state index in [1.54, 1.807) is 7.11 Å². The maximum Gasteiger partial charge on any atom is 0.254 e. The lowest BCUT2D eigenvalue weighted by molar-refractivity contribution is -0.126. The summed E-state index contributed by atoms with van der Waals surface area (Å²) in [6.45, 7) is 2.42. The molecule has 3 aromatic rings. The van der Waals surface area contributed by atoms with Crippen molar-refractivity contribution in [2.24, 2.45) is 5.92 Å². The average molecular weight is 460 g/mol. The summed E-state index contributed by atoms with van der Waals surface area (Å²) in [5.41, 5.74) is 2.98. The summed E-state index contributed by atoms with van der Waals surface area (Å²) in [4.78, 5) is 30.4. The highest BCUT2D eigenvalue weighted by atomic mass is 16.5. The largest absolute Gasteiger partial charge is 0.496 e. The number of hydrogen-bond donors (Lipinski definition) is 1. The number of hydrogen-bond acceptors (Lipinski definition) is 4. The van der Waals surface area contributed by atoms with E-state index < -0.39 is 0 Å². The number of piperidine rings is 1. The predicted molar refractivity (Wildman–Crippen MR) is 135 cm³/mol. The smallest absolute Gasteiger partial charge is 0.254 e. The first-order valence-electron chi connectivity index (χ1n) is 11.8. The van der Waals surface area contributed by atoms with Gasteiger partial charge in [0.1, 0.15) is 5.75 Å². The molecule has 2 amide bonds. The molecule has 3 aromatic carbocycles. The lowest BCUT2D eigenvalue weighted by Crippen LogP contribution is -2.45. The van der Waals surface area contributed by atoms with Crippen LogP contribution in [-0.2, 0) is 17.9 Å². The number of methoxy groups -OCH3 is 1. The molecule has 1 saturated heterocycles. The molecule has 6 nitrogen and oxygen atoms in total. The summed E-state index contributed by atoms with van der Waals surface area (Å²) in [6, 6.07) is 19.6. The quantitative estimate of drug-likeness (QED) is 0.578. The summed E-state index contributed by atoms with van der Waals surface area (Å²) in [7, 11) is 5.71. The number of likely N-dealkylation sites (tertiary alicyclic amines) is 1. The molecule has 1 atom stereocenters. The van der Waals surface area contributed by atoms with Gasteiger partial charge >= 0.3 is 0 Å². The first kappa shape index (κ1) is 23.8. The van der Waals surface area contributed by atoms with Gasteiger partial charge in [-0.15, -0.1) is 0 Å². The molecule has 4 rings (SSSR count). The molecule has 0 bridgehead atoms. The zero-order valence-electron chi connectivity index (χ0n) is 20.2. The van der Waals surface area contributed by atoms with Gasteiger partial charge in [-0.05, 0) is 55.6 Å². The summed E-state index contributed by atoms with van der Waals surface area (Å²) in [5, 5.41) is 4.90. The highest BCUT2D eigenvalue weighted by Gasteiger charge is 2.29. The highest BCUT2D eigenvalue weighted by Crippen LogP contribution is 2.30. The third kappa shape index (κ3) is 5.23. The Morgan fingerprint density at radius 2 is 1.71 bits per heavy atom. The van der Waals surface area contributed by atoms with E-state index in [0.717, 1.165) is 41.5 Å². The standard InChI is InChI=1S/C28H33N3O3/c1-30(2)18-21-10-5-4-9-20(21)17-29-27(32)22-11-8-16-31(19-22)28(33)25-14-15-26(34-3)24-13-7-6-12-23(24)25/h4-7,9-10,12-15,22H,8,11,16-19H2,1-3H3,(H,29,32)/t22-/m1/s1. The third-order valence-electron chi connectivity index (χ3n) is 6.47. The minimum absolute atomic E-state index is 0.0109. The molecule has 0 radical (unpaired) electrons. The van der Waals surface area contributed by atoms with Gasteiger partial charge in [0.25, 0.3) is 5.91 Å². The van der Waals surface area contributed by atoms with Crippen molar-refractivity contribution < 1.29 is 14.3 Å². The molecular formula is C28H33N3O3. The first-order valence-corrected chi connectivity index (χ1v) is 11.8. The van der Waals surface area contributed by atoms with Crippen LogP contribution in [0.5, 0.6) is 5.75 Å². The Morgan fingerprint density at radius 3 is 2.44 bits per heavy atom. The van der Waals surface area contributed by atoms with Crippen LogP contribution in [0.2, 0.25) is 0 Å². The number of carbonyl (C=O) groups is 2. The minimum atomic E-state index is -0.205. The molecule has 0 aliphatic carbocycles. The Kier molecular flexibility index (Phi) is 7.48. The third-order valence-corrected chi connectivity index (χ3v) is 6.47. The van der Waals surface area contributed by atoms with E-state index in [2.05, 4.69) is 22.3 Å². The van der Waals surface area contributed by atoms with Crippen LogP contribution in [0, 0.1) is 5.92 Å². The number of ether oxygens (including phenoxy) is 1. The second kappa shape index (κ2) is 10.7. The van der Waals surface area contributed by atoms with Crippen LogP contribution in [0.15, 0.2) is 60.7 Å². The molecule has 0 spiro atoms. The van der Waals surface area contributed by atoms with Crippen LogP contribution in [0.25, 0.3) is 10.8 Å². The van der Waals surface area contributed by atoms with Gasteiger partial charge in [0, 0.05) is 37.1 Å². The number of nitrogens with one attached hydrogen (secondary N) is 1. The molecule has 34 heavy (non-hydrogen) atoms. The fraction of sp³-hybridized carbons (Fsp3) is 0.357. The van der Waals surface area contributed by atoms with Crippen LogP contribution >= 0.6 is 0 Å². The van der Waals surface area contributed by atoms with E-state index in [9.17, 15) is 9.59 Å². The van der Waals surface area contributed by atoms with Gasteiger partial charge in [-0.2, -0.15) is 0 Å². The monoisotopic (exact) mass is 459 g/mol. The van der Waals surface area contributed by atoms with Crippen molar-refractivity contribution in [3.05, 3.63) is 77.4 Å². The van der Waals surface area contributed by atoms with Crippen molar-refractivity contribution >= 4 is 22.6 Å². The topological polar surface area (TPSA) is 61.9 Å². The Bertz CT molecular complexity index is 1170. The molecule has 1 N–H and O–H groups in total. The summed E-state index contributed by atoms with van der Waals surface area (Å²) < 4.78 is 5.47. The molecule has 6 heteroatoms. The number of fused-ring (bicyclic) bond motifs is 1. The number of carbonyl (C=O) groups excluding carboxylic acids is 2. The van der Waals surface area contributed by atoms with Crippen LogP contribution in [0.3, 0.4) is 0 Å². The van der Waals surface area contributed by atoms with Crippen molar-refractivity contribution in [1.29, 1.82) is 0 Å². The van der Waals surface area contributed by atoms with Crippen LogP contribution in [-0.4, -0.2) is 55.9 Å². The van der Waals surface area contributed by atoms with E-state index in [1.807, 2.05) is 67.5 Å². The Morgan fingerprint density at radius 1 is 1.00 bits per heavy atom. The number of rotatable bonds is 7. The minimum Gasteiger partial charge on any atom is -0.496 e. The van der Waals surface area contributed by atoms with Gasteiger partial charge < -0.3 is 19.9 Å². The Balaban J connectivity index is 1.44. The molecule has 1 heterocycles. The second-order valence-corrected chi connectivity index (χ2v) is 9.18. The molecular weight excluding hydrogens is 426 g/mol. The number of benzene rings is 3. The van der Waals surface area contributed by atoms with Gasteiger partial charge in [-0.1, -0.05) is 48.5 Å². The fourth-order valence-electron chi connectivity index (χ4n) is 4.73. The van der Waals surface area contributed by atoms with Crippen molar-refractivity contribution in [3.63, 3.8) is 0 Å². The molecule has 1 aliphatic heterocycles. The first-order chi connectivity index (χ1) is 16.5. The maximum absolute atomic E-state index is 13.5. The summed E-state index contributed by atoms with van der Waals surface area (Å²) in [6.07, 6.45) is 1.60. The summed E-state index contributed by atoms with van der Waals surface area (Å²) >= 11 is 0. The lowest BCUT2D eigenvalue weighted by atomic mass is 9.95. The average Bonchev–Trinajstić information content (AvgIpc) is 2.86. The Labute approximate surface area is 201 Å². The van der Waals surface area contributed by atoms with Gasteiger partial charge in [-0.3, -0.25) is 9.59 Å². The predicted octanol–water partition coefficient (Wildman–Crippen LogP) is 4.08. The van der Waals surface area contributed by atoms with Gasteiger partial charge in [-0.25, -0.2) is 0 Å². The molecule has 1 fully saturated rings. The van der Waals surface area contributed by atoms with Gasteiger partial charge in [0.2, 0.25) is 5.91 Å². The van der Waals surface area contributed by atoms with Gasteiger partial charge in [0.05, 0.1) is 13.0 Å². The van der Waals surface area contributed by atoms with E-state index in [4.69, 9.17) is 4.74 Å². The van der Waals surface area contributed by atoms with Gasteiger partial charge in [0.15, 0.2) is 0 Å². The normalized spacial score (nSPS) is 16.0. The molecule has 0 saturated carbocycles. The maximum atomic E-state index is 13.5. The van der Waals surface area contributed by atoms with E-state index in [-0.39, 0.29) is 17.7 Å². The zero-order valence-corrected chi connectivity index (χ0v) is 20.2. The van der Waals surface area contributed by atoms with Crippen LogP contribution < -0.4 is 10.1 Å². The number of nitrogens with zero attached hydrogens (tertiary/aromatic N) is 2. The Hall–Kier alpha value is -3.38. The van der Waals surface area contributed by atoms with Crippen molar-refractivity contribution in [1.82, 2.24) is 15.1 Å². The molecule has 178 valence electrons.